The number of aryl methyl sites for hydroxylation is 2. The summed E-state index contributed by atoms with van der Waals surface area (Å²) >= 11 is 0. The van der Waals surface area contributed by atoms with Crippen molar-refractivity contribution in [2.75, 3.05) is 13.7 Å². The molecule has 8 heteroatoms. The van der Waals surface area contributed by atoms with Gasteiger partial charge in [0.1, 0.15) is 11.6 Å². The predicted molar refractivity (Wildman–Crippen MR) is 112 cm³/mol. The Morgan fingerprint density at radius 1 is 1.23 bits per heavy atom. The van der Waals surface area contributed by atoms with E-state index in [1.165, 1.54) is 0 Å². The lowest BCUT2D eigenvalue weighted by atomic mass is 9.91. The van der Waals surface area contributed by atoms with Crippen LogP contribution in [0.2, 0.25) is 0 Å². The molecule has 0 bridgehead atoms. The van der Waals surface area contributed by atoms with Crippen LogP contribution in [0.5, 0.6) is 5.75 Å². The molecule has 7 nitrogen and oxygen atoms in total. The van der Waals surface area contributed by atoms with Crippen LogP contribution >= 0.6 is 0 Å². The van der Waals surface area contributed by atoms with Gasteiger partial charge in [0, 0.05) is 24.2 Å². The van der Waals surface area contributed by atoms with Crippen LogP contribution in [-0.4, -0.2) is 39.9 Å². The first-order chi connectivity index (χ1) is 14.6. The Bertz CT molecular complexity index is 1020. The quantitative estimate of drug-likeness (QED) is 0.651. The fourth-order valence-electron chi connectivity index (χ4n) is 4.01. The molecule has 0 saturated carbocycles. The summed E-state index contributed by atoms with van der Waals surface area (Å²) in [6.07, 6.45) is 2.09. The van der Waals surface area contributed by atoms with Gasteiger partial charge >= 0.3 is 0 Å². The molecule has 0 amide bonds. The Labute approximate surface area is 175 Å². The minimum Gasteiger partial charge on any atom is -0.496 e. The molecule has 1 fully saturated rings. The Kier molecular flexibility index (Phi) is 6.06. The highest BCUT2D eigenvalue weighted by atomic mass is 19.1. The molecule has 158 valence electrons. The SMILES string of the molecule is COc1ccc(-n2nnnc2C)cc1CNC1CCCNC1c1ccc(C)c(F)c1. The van der Waals surface area contributed by atoms with Gasteiger partial charge in [-0.3, -0.25) is 0 Å². The number of hydrogen-bond donors (Lipinski definition) is 2. The highest BCUT2D eigenvalue weighted by Crippen LogP contribution is 2.27. The standard InChI is InChI=1S/C22H27FN6O/c1-14-6-7-16(12-19(14)23)22-20(5-4-10-24-22)25-13-17-11-18(8-9-21(17)30-3)29-15(2)26-27-28-29/h6-9,11-12,20,22,24-25H,4-5,10,13H2,1-3H3. The van der Waals surface area contributed by atoms with E-state index in [0.29, 0.717) is 12.1 Å². The summed E-state index contributed by atoms with van der Waals surface area (Å²) in [6, 6.07) is 11.6. The van der Waals surface area contributed by atoms with Crippen molar-refractivity contribution >= 4 is 0 Å². The van der Waals surface area contributed by atoms with Gasteiger partial charge in [0.05, 0.1) is 12.8 Å². The van der Waals surface area contributed by atoms with Crippen molar-refractivity contribution in [2.24, 2.45) is 0 Å². The molecule has 0 spiro atoms. The van der Waals surface area contributed by atoms with Gasteiger partial charge in [-0.2, -0.15) is 4.68 Å². The largest absolute Gasteiger partial charge is 0.496 e. The zero-order valence-electron chi connectivity index (χ0n) is 17.5. The van der Waals surface area contributed by atoms with Crippen LogP contribution in [0.4, 0.5) is 4.39 Å². The van der Waals surface area contributed by atoms with E-state index in [-0.39, 0.29) is 17.9 Å². The third kappa shape index (κ3) is 4.20. The van der Waals surface area contributed by atoms with Gasteiger partial charge in [0.25, 0.3) is 0 Å². The van der Waals surface area contributed by atoms with Crippen LogP contribution in [0.25, 0.3) is 5.69 Å². The predicted octanol–water partition coefficient (Wildman–Crippen LogP) is 3.01. The fourth-order valence-corrected chi connectivity index (χ4v) is 4.01. The molecule has 0 radical (unpaired) electrons. The van der Waals surface area contributed by atoms with Crippen LogP contribution in [0, 0.1) is 19.7 Å². The van der Waals surface area contributed by atoms with Crippen LogP contribution in [-0.2, 0) is 6.54 Å². The van der Waals surface area contributed by atoms with Gasteiger partial charge in [-0.25, -0.2) is 4.39 Å². The van der Waals surface area contributed by atoms with Crippen molar-refractivity contribution in [3.63, 3.8) is 0 Å². The van der Waals surface area contributed by atoms with E-state index >= 15 is 0 Å². The lowest BCUT2D eigenvalue weighted by Gasteiger charge is -2.34. The zero-order chi connectivity index (χ0) is 21.1. The van der Waals surface area contributed by atoms with Gasteiger partial charge in [-0.1, -0.05) is 12.1 Å². The number of aromatic nitrogens is 4. The number of nitrogens with zero attached hydrogens (tertiary/aromatic N) is 4. The number of methoxy groups -OCH3 is 1. The number of piperidine rings is 1. The van der Waals surface area contributed by atoms with Crippen LogP contribution in [0.3, 0.4) is 0 Å². The second kappa shape index (κ2) is 8.89. The molecular formula is C22H27FN6O. The van der Waals surface area contributed by atoms with Gasteiger partial charge in [0.2, 0.25) is 0 Å². The van der Waals surface area contributed by atoms with E-state index in [9.17, 15) is 4.39 Å². The number of tetrazole rings is 1. The first-order valence-corrected chi connectivity index (χ1v) is 10.2. The molecule has 2 N–H and O–H groups in total. The lowest BCUT2D eigenvalue weighted by Crippen LogP contribution is -2.45. The Hall–Kier alpha value is -2.84. The maximum Gasteiger partial charge on any atom is 0.153 e. The number of benzene rings is 2. The Morgan fingerprint density at radius 3 is 2.83 bits per heavy atom. The second-order valence-corrected chi connectivity index (χ2v) is 7.70. The summed E-state index contributed by atoms with van der Waals surface area (Å²) < 4.78 is 21.4. The monoisotopic (exact) mass is 410 g/mol. The van der Waals surface area contributed by atoms with Gasteiger partial charge < -0.3 is 15.4 Å². The second-order valence-electron chi connectivity index (χ2n) is 7.70. The minimum atomic E-state index is -0.162. The average molecular weight is 410 g/mol. The molecule has 2 atom stereocenters. The number of nitrogens with one attached hydrogen (secondary N) is 2. The molecular weight excluding hydrogens is 383 g/mol. The molecule has 4 rings (SSSR count). The summed E-state index contributed by atoms with van der Waals surface area (Å²) in [7, 11) is 1.67. The number of hydrogen-bond acceptors (Lipinski definition) is 6. The van der Waals surface area contributed by atoms with Crippen LogP contribution in [0.1, 0.15) is 41.4 Å². The van der Waals surface area contributed by atoms with Crippen molar-refractivity contribution < 1.29 is 9.13 Å². The highest BCUT2D eigenvalue weighted by molar-refractivity contribution is 5.44. The molecule has 2 unspecified atom stereocenters. The topological polar surface area (TPSA) is 76.9 Å². The number of halogens is 1. The third-order valence-electron chi connectivity index (χ3n) is 5.70. The maximum absolute atomic E-state index is 14.1. The third-order valence-corrected chi connectivity index (χ3v) is 5.70. The summed E-state index contributed by atoms with van der Waals surface area (Å²) in [5.41, 5.74) is 3.54. The minimum absolute atomic E-state index is 0.0600. The number of ether oxygens (including phenoxy) is 1. The Morgan fingerprint density at radius 2 is 2.10 bits per heavy atom. The van der Waals surface area contributed by atoms with E-state index in [1.807, 2.05) is 37.3 Å². The van der Waals surface area contributed by atoms with E-state index in [0.717, 1.165) is 47.8 Å². The van der Waals surface area contributed by atoms with E-state index in [1.54, 1.807) is 24.8 Å². The molecule has 1 saturated heterocycles. The molecule has 2 aromatic carbocycles. The zero-order valence-corrected chi connectivity index (χ0v) is 17.5. The summed E-state index contributed by atoms with van der Waals surface area (Å²) in [6.45, 7) is 5.20. The molecule has 1 aliphatic heterocycles. The van der Waals surface area contributed by atoms with Gasteiger partial charge in [-0.15, -0.1) is 5.10 Å². The first kappa shape index (κ1) is 20.4. The summed E-state index contributed by atoms with van der Waals surface area (Å²) in [5.74, 6) is 1.36. The molecule has 0 aliphatic carbocycles. The van der Waals surface area contributed by atoms with Crippen LogP contribution in [0.15, 0.2) is 36.4 Å². The summed E-state index contributed by atoms with van der Waals surface area (Å²) in [4.78, 5) is 0. The van der Waals surface area contributed by atoms with Gasteiger partial charge in [-0.05, 0) is 79.1 Å². The molecule has 2 heterocycles. The number of rotatable bonds is 6. The van der Waals surface area contributed by atoms with E-state index in [2.05, 4.69) is 26.2 Å². The molecule has 3 aromatic rings. The molecule has 1 aliphatic rings. The van der Waals surface area contributed by atoms with Crippen molar-refractivity contribution in [2.45, 2.75) is 45.3 Å². The lowest BCUT2D eigenvalue weighted by molar-refractivity contribution is 0.302. The maximum atomic E-state index is 14.1. The molecule has 30 heavy (non-hydrogen) atoms. The molecule has 1 aromatic heterocycles. The van der Waals surface area contributed by atoms with E-state index < -0.39 is 0 Å². The van der Waals surface area contributed by atoms with Gasteiger partial charge in [0.15, 0.2) is 5.82 Å². The summed E-state index contributed by atoms with van der Waals surface area (Å²) in [5, 5.41) is 18.9. The Balaban J connectivity index is 1.55. The van der Waals surface area contributed by atoms with Crippen molar-refractivity contribution in [1.82, 2.24) is 30.8 Å². The smallest absolute Gasteiger partial charge is 0.153 e. The van der Waals surface area contributed by atoms with E-state index in [4.69, 9.17) is 4.74 Å². The first-order valence-electron chi connectivity index (χ1n) is 10.2. The van der Waals surface area contributed by atoms with Crippen molar-refractivity contribution in [3.05, 3.63) is 64.7 Å². The fraction of sp³-hybridized carbons (Fsp3) is 0.409. The van der Waals surface area contributed by atoms with Crippen LogP contribution < -0.4 is 15.4 Å². The van der Waals surface area contributed by atoms with Crippen molar-refractivity contribution in [1.29, 1.82) is 0 Å². The average Bonchev–Trinajstić information content (AvgIpc) is 3.20. The normalized spacial score (nSPS) is 19.1. The van der Waals surface area contributed by atoms with Crippen molar-refractivity contribution in [3.8, 4) is 11.4 Å². The highest BCUT2D eigenvalue weighted by Gasteiger charge is 2.26.